The number of nitrogens with zero attached hydrogens (tertiary/aromatic N) is 2. The molecule has 0 aromatic carbocycles. The van der Waals surface area contributed by atoms with Gasteiger partial charge in [-0.1, -0.05) is 0 Å². The van der Waals surface area contributed by atoms with E-state index >= 15 is 0 Å². The molecule has 0 unspecified atom stereocenters. The average Bonchev–Trinajstić information content (AvgIpc) is 2.89. The van der Waals surface area contributed by atoms with E-state index in [4.69, 9.17) is 4.74 Å². The van der Waals surface area contributed by atoms with Crippen molar-refractivity contribution in [2.24, 2.45) is 0 Å². The minimum absolute atomic E-state index is 0.0146. The first-order valence-electron chi connectivity index (χ1n) is 8.92. The van der Waals surface area contributed by atoms with Crippen LogP contribution in [0.2, 0.25) is 0 Å². The number of carbonyl (C=O) groups excluding carboxylic acids is 2. The smallest absolute Gasteiger partial charge is 0.225 e. The Morgan fingerprint density at radius 1 is 1.30 bits per heavy atom. The molecule has 0 aromatic heterocycles. The van der Waals surface area contributed by atoms with Gasteiger partial charge in [0.2, 0.25) is 11.8 Å². The van der Waals surface area contributed by atoms with Gasteiger partial charge in [-0.2, -0.15) is 0 Å². The molecule has 3 saturated heterocycles. The fourth-order valence-electron chi connectivity index (χ4n) is 3.99. The van der Waals surface area contributed by atoms with E-state index in [2.05, 4.69) is 24.1 Å². The molecule has 1 N–H and O–H groups in total. The number of amides is 2. The highest BCUT2D eigenvalue weighted by Crippen LogP contribution is 2.31. The maximum absolute atomic E-state index is 12.6. The van der Waals surface area contributed by atoms with Crippen molar-refractivity contribution in [1.29, 1.82) is 0 Å². The topological polar surface area (TPSA) is 61.9 Å². The molecule has 23 heavy (non-hydrogen) atoms. The molecule has 2 amide bonds. The monoisotopic (exact) mass is 323 g/mol. The zero-order valence-electron chi connectivity index (χ0n) is 14.3. The lowest BCUT2D eigenvalue weighted by molar-refractivity contribution is -0.138. The number of rotatable bonds is 3. The first-order chi connectivity index (χ1) is 11.0. The highest BCUT2D eigenvalue weighted by atomic mass is 16.5. The number of hydrogen-bond acceptors (Lipinski definition) is 4. The molecule has 6 nitrogen and oxygen atoms in total. The van der Waals surface area contributed by atoms with Crippen LogP contribution in [-0.2, 0) is 14.3 Å². The Morgan fingerprint density at radius 3 is 2.65 bits per heavy atom. The number of nitrogens with one attached hydrogen (secondary N) is 1. The summed E-state index contributed by atoms with van der Waals surface area (Å²) in [6, 6.07) is 0.498. The summed E-state index contributed by atoms with van der Waals surface area (Å²) in [5.41, 5.74) is -0.0381. The second-order valence-electron chi connectivity index (χ2n) is 7.49. The molecule has 0 radical (unpaired) electrons. The number of carbonyl (C=O) groups is 2. The highest BCUT2D eigenvalue weighted by Gasteiger charge is 2.41. The van der Waals surface area contributed by atoms with Crippen LogP contribution in [0.5, 0.6) is 0 Å². The number of ether oxygens (including phenoxy) is 1. The fourth-order valence-corrected chi connectivity index (χ4v) is 3.99. The minimum atomic E-state index is -0.0381. The summed E-state index contributed by atoms with van der Waals surface area (Å²) in [5.74, 6) is 0.355. The van der Waals surface area contributed by atoms with Crippen LogP contribution in [0.1, 0.15) is 46.0 Å². The standard InChI is InChI=1S/C17H29N3O3/c1-13(2)20-9-10-23-14(12-20)11-16(22)19-7-5-17(6-8-19)4-3-15(21)18-17/h13-14H,3-12H2,1-2H3,(H,18,21)/t14-/m1/s1. The molecular formula is C17H29N3O3. The van der Waals surface area contributed by atoms with Gasteiger partial charge in [-0.05, 0) is 33.1 Å². The van der Waals surface area contributed by atoms with Crippen molar-refractivity contribution in [2.45, 2.75) is 63.6 Å². The van der Waals surface area contributed by atoms with Crippen LogP contribution in [0.25, 0.3) is 0 Å². The van der Waals surface area contributed by atoms with Gasteiger partial charge in [0.1, 0.15) is 0 Å². The number of piperidine rings is 1. The lowest BCUT2D eigenvalue weighted by Gasteiger charge is -2.40. The third-order valence-electron chi connectivity index (χ3n) is 5.61. The molecule has 3 fully saturated rings. The van der Waals surface area contributed by atoms with Crippen LogP contribution in [0, 0.1) is 0 Å². The van der Waals surface area contributed by atoms with Crippen molar-refractivity contribution < 1.29 is 14.3 Å². The molecule has 1 spiro atoms. The largest absolute Gasteiger partial charge is 0.375 e. The molecule has 1 atom stereocenters. The maximum atomic E-state index is 12.6. The molecule has 0 aromatic rings. The number of morpholine rings is 1. The minimum Gasteiger partial charge on any atom is -0.375 e. The van der Waals surface area contributed by atoms with E-state index in [9.17, 15) is 9.59 Å². The van der Waals surface area contributed by atoms with E-state index in [1.807, 2.05) is 4.90 Å². The van der Waals surface area contributed by atoms with Crippen molar-refractivity contribution in [3.05, 3.63) is 0 Å². The molecule has 0 aliphatic carbocycles. The van der Waals surface area contributed by atoms with Gasteiger partial charge in [0.15, 0.2) is 0 Å². The fraction of sp³-hybridized carbons (Fsp3) is 0.882. The van der Waals surface area contributed by atoms with Crippen molar-refractivity contribution in [3.63, 3.8) is 0 Å². The molecule has 3 rings (SSSR count). The van der Waals surface area contributed by atoms with Gasteiger partial charge < -0.3 is 15.0 Å². The summed E-state index contributed by atoms with van der Waals surface area (Å²) < 4.78 is 5.78. The van der Waals surface area contributed by atoms with Crippen molar-refractivity contribution >= 4 is 11.8 Å². The van der Waals surface area contributed by atoms with Gasteiger partial charge in [-0.3, -0.25) is 14.5 Å². The lowest BCUT2D eigenvalue weighted by atomic mass is 9.86. The summed E-state index contributed by atoms with van der Waals surface area (Å²) in [6.45, 7) is 8.38. The molecule has 0 saturated carbocycles. The van der Waals surface area contributed by atoms with Crippen LogP contribution in [0.3, 0.4) is 0 Å². The third kappa shape index (κ3) is 3.86. The van der Waals surface area contributed by atoms with Crippen LogP contribution < -0.4 is 5.32 Å². The van der Waals surface area contributed by atoms with Gasteiger partial charge in [-0.15, -0.1) is 0 Å². The summed E-state index contributed by atoms with van der Waals surface area (Å²) in [6.07, 6.45) is 3.81. The highest BCUT2D eigenvalue weighted by molar-refractivity contribution is 5.80. The summed E-state index contributed by atoms with van der Waals surface area (Å²) in [4.78, 5) is 28.3. The molecule has 6 heteroatoms. The van der Waals surface area contributed by atoms with E-state index in [0.29, 0.717) is 25.5 Å². The van der Waals surface area contributed by atoms with Crippen molar-refractivity contribution in [3.8, 4) is 0 Å². The van der Waals surface area contributed by atoms with E-state index in [-0.39, 0.29) is 23.5 Å². The Hall–Kier alpha value is -1.14. The van der Waals surface area contributed by atoms with Gasteiger partial charge in [0.05, 0.1) is 19.1 Å². The molecule has 3 heterocycles. The zero-order chi connectivity index (χ0) is 16.4. The second-order valence-corrected chi connectivity index (χ2v) is 7.49. The van der Waals surface area contributed by atoms with E-state index < -0.39 is 0 Å². The van der Waals surface area contributed by atoms with Gasteiger partial charge in [-0.25, -0.2) is 0 Å². The Balaban J connectivity index is 1.47. The quantitative estimate of drug-likeness (QED) is 0.833. The number of hydrogen-bond donors (Lipinski definition) is 1. The van der Waals surface area contributed by atoms with Crippen molar-refractivity contribution in [2.75, 3.05) is 32.8 Å². The maximum Gasteiger partial charge on any atom is 0.225 e. The normalized spacial score (nSPS) is 28.4. The Kier molecular flexibility index (Phi) is 4.92. The Morgan fingerprint density at radius 2 is 2.04 bits per heavy atom. The summed E-state index contributed by atoms with van der Waals surface area (Å²) >= 11 is 0. The number of likely N-dealkylation sites (tertiary alicyclic amines) is 1. The first kappa shape index (κ1) is 16.7. The zero-order valence-corrected chi connectivity index (χ0v) is 14.3. The van der Waals surface area contributed by atoms with Crippen LogP contribution >= 0.6 is 0 Å². The lowest BCUT2D eigenvalue weighted by Crippen LogP contribution is -2.53. The predicted molar refractivity (Wildman–Crippen MR) is 87.0 cm³/mol. The Labute approximate surface area is 138 Å². The predicted octanol–water partition coefficient (Wildman–Crippen LogP) is 0.757. The molecule has 3 aliphatic heterocycles. The first-order valence-corrected chi connectivity index (χ1v) is 8.92. The van der Waals surface area contributed by atoms with E-state index in [1.165, 1.54) is 0 Å². The van der Waals surface area contributed by atoms with E-state index in [1.54, 1.807) is 0 Å². The van der Waals surface area contributed by atoms with Crippen LogP contribution in [0.15, 0.2) is 0 Å². The van der Waals surface area contributed by atoms with Crippen LogP contribution in [0.4, 0.5) is 0 Å². The van der Waals surface area contributed by atoms with Gasteiger partial charge in [0, 0.05) is 44.2 Å². The summed E-state index contributed by atoms with van der Waals surface area (Å²) in [7, 11) is 0. The average molecular weight is 323 g/mol. The van der Waals surface area contributed by atoms with Gasteiger partial charge >= 0.3 is 0 Å². The molecule has 3 aliphatic rings. The van der Waals surface area contributed by atoms with Crippen molar-refractivity contribution in [1.82, 2.24) is 15.1 Å². The molecule has 0 bridgehead atoms. The van der Waals surface area contributed by atoms with Crippen LogP contribution in [-0.4, -0.2) is 72.1 Å². The molecular weight excluding hydrogens is 294 g/mol. The second kappa shape index (κ2) is 6.77. The third-order valence-corrected chi connectivity index (χ3v) is 5.61. The summed E-state index contributed by atoms with van der Waals surface area (Å²) in [5, 5.41) is 3.12. The van der Waals surface area contributed by atoms with Gasteiger partial charge in [0.25, 0.3) is 0 Å². The SMILES string of the molecule is CC(C)N1CCO[C@H](CC(=O)N2CCC3(CCC(=O)N3)CC2)C1. The van der Waals surface area contributed by atoms with E-state index in [0.717, 1.165) is 45.4 Å². The Bertz CT molecular complexity index is 458. The molecule has 130 valence electrons.